The third-order valence-corrected chi connectivity index (χ3v) is 4.53. The van der Waals surface area contributed by atoms with Crippen LogP contribution in [0.3, 0.4) is 0 Å². The van der Waals surface area contributed by atoms with E-state index in [9.17, 15) is 8.42 Å². The van der Waals surface area contributed by atoms with E-state index in [2.05, 4.69) is 19.9 Å². The lowest BCUT2D eigenvalue weighted by molar-refractivity contribution is 0.220. The van der Waals surface area contributed by atoms with E-state index in [-0.39, 0.29) is 5.75 Å². The first-order valence-electron chi connectivity index (χ1n) is 6.73. The molecule has 7 nitrogen and oxygen atoms in total. The molecular formula is C12H22N4O3S. The van der Waals surface area contributed by atoms with Gasteiger partial charge in [0.2, 0.25) is 5.89 Å². The van der Waals surface area contributed by atoms with E-state index in [1.807, 2.05) is 7.05 Å². The summed E-state index contributed by atoms with van der Waals surface area (Å²) in [7, 11) is -0.845. The molecule has 8 heteroatoms. The van der Waals surface area contributed by atoms with Crippen LogP contribution >= 0.6 is 0 Å². The third kappa shape index (κ3) is 4.53. The van der Waals surface area contributed by atoms with Crippen molar-refractivity contribution >= 4 is 9.84 Å². The molecule has 2 rings (SSSR count). The molecule has 1 aromatic rings. The Morgan fingerprint density at radius 2 is 2.25 bits per heavy atom. The smallest absolute Gasteiger partial charge is 0.223 e. The van der Waals surface area contributed by atoms with Crippen LogP contribution in [0, 0.1) is 6.92 Å². The molecule has 0 amide bonds. The van der Waals surface area contributed by atoms with Gasteiger partial charge in [-0.1, -0.05) is 5.16 Å². The molecule has 1 saturated heterocycles. The van der Waals surface area contributed by atoms with E-state index in [4.69, 9.17) is 4.52 Å². The number of aromatic nitrogens is 2. The predicted octanol–water partition coefficient (Wildman–Crippen LogP) is -0.0713. The minimum absolute atomic E-state index is 0.230. The number of nitrogens with zero attached hydrogens (tertiary/aromatic N) is 4. The van der Waals surface area contributed by atoms with Crippen molar-refractivity contribution in [3.05, 3.63) is 11.7 Å². The first-order valence-corrected chi connectivity index (χ1v) is 8.79. The van der Waals surface area contributed by atoms with Gasteiger partial charge in [0.1, 0.15) is 9.84 Å². The summed E-state index contributed by atoms with van der Waals surface area (Å²) in [5, 5.41) is 3.89. The summed E-state index contributed by atoms with van der Waals surface area (Å²) in [5.41, 5.74) is 0. The van der Waals surface area contributed by atoms with E-state index in [0.29, 0.717) is 30.8 Å². The molecule has 0 saturated carbocycles. The minimum atomic E-state index is -2.88. The van der Waals surface area contributed by atoms with Gasteiger partial charge < -0.3 is 9.42 Å². The molecule has 20 heavy (non-hydrogen) atoms. The zero-order valence-electron chi connectivity index (χ0n) is 12.2. The Kier molecular flexibility index (Phi) is 4.77. The Morgan fingerprint density at radius 1 is 1.50 bits per heavy atom. The molecular weight excluding hydrogens is 280 g/mol. The van der Waals surface area contributed by atoms with E-state index < -0.39 is 9.84 Å². The van der Waals surface area contributed by atoms with Crippen molar-refractivity contribution in [1.29, 1.82) is 0 Å². The molecule has 1 aliphatic heterocycles. The predicted molar refractivity (Wildman–Crippen MR) is 75.1 cm³/mol. The van der Waals surface area contributed by atoms with Crippen LogP contribution < -0.4 is 0 Å². The maximum atomic E-state index is 11.2. The summed E-state index contributed by atoms with van der Waals surface area (Å²) in [6.07, 6.45) is 2.32. The summed E-state index contributed by atoms with van der Waals surface area (Å²) in [4.78, 5) is 8.59. The van der Waals surface area contributed by atoms with Crippen LogP contribution in [0.25, 0.3) is 0 Å². The second-order valence-electron chi connectivity index (χ2n) is 5.52. The number of hydrogen-bond acceptors (Lipinski definition) is 7. The van der Waals surface area contributed by atoms with Crippen molar-refractivity contribution in [2.45, 2.75) is 25.9 Å². The lowest BCUT2D eigenvalue weighted by Crippen LogP contribution is -2.35. The van der Waals surface area contributed by atoms with Gasteiger partial charge in [-0.05, 0) is 20.0 Å². The van der Waals surface area contributed by atoms with Gasteiger partial charge in [0, 0.05) is 32.3 Å². The second kappa shape index (κ2) is 6.19. The molecule has 0 radical (unpaired) electrons. The molecule has 0 spiro atoms. The van der Waals surface area contributed by atoms with Crippen molar-refractivity contribution in [1.82, 2.24) is 19.9 Å². The zero-order valence-corrected chi connectivity index (χ0v) is 13.1. The highest BCUT2D eigenvalue weighted by Crippen LogP contribution is 2.15. The van der Waals surface area contributed by atoms with Crippen LogP contribution in [0.2, 0.25) is 0 Å². The average molecular weight is 302 g/mol. The van der Waals surface area contributed by atoms with Crippen LogP contribution in [-0.2, 0) is 16.4 Å². The van der Waals surface area contributed by atoms with E-state index in [1.165, 1.54) is 6.26 Å². The fourth-order valence-corrected chi connectivity index (χ4v) is 3.02. The van der Waals surface area contributed by atoms with Crippen LogP contribution in [0.4, 0.5) is 0 Å². The molecule has 0 aromatic carbocycles. The van der Waals surface area contributed by atoms with Gasteiger partial charge in [-0.25, -0.2) is 8.42 Å². The first kappa shape index (κ1) is 15.4. The monoisotopic (exact) mass is 302 g/mol. The van der Waals surface area contributed by atoms with Crippen LogP contribution in [0.5, 0.6) is 0 Å². The fourth-order valence-electron chi connectivity index (χ4n) is 2.43. The Balaban J connectivity index is 1.80. The topological polar surface area (TPSA) is 79.5 Å². The SMILES string of the molecule is Cc1nc(CN(C)[C@@H]2CCN(CCS(C)(=O)=O)C2)no1. The molecule has 1 atom stereocenters. The number of hydrogen-bond donors (Lipinski definition) is 0. The Morgan fingerprint density at radius 3 is 2.85 bits per heavy atom. The number of likely N-dealkylation sites (N-methyl/N-ethyl adjacent to an activating group) is 1. The summed E-state index contributed by atoms with van der Waals surface area (Å²) in [6.45, 7) is 4.88. The van der Waals surface area contributed by atoms with E-state index in [0.717, 1.165) is 19.5 Å². The zero-order chi connectivity index (χ0) is 14.8. The minimum Gasteiger partial charge on any atom is -0.340 e. The van der Waals surface area contributed by atoms with Crippen molar-refractivity contribution < 1.29 is 12.9 Å². The van der Waals surface area contributed by atoms with Crippen molar-refractivity contribution in [2.75, 3.05) is 38.7 Å². The highest BCUT2D eigenvalue weighted by Gasteiger charge is 2.26. The molecule has 0 bridgehead atoms. The Bertz CT molecular complexity index is 543. The summed E-state index contributed by atoms with van der Waals surface area (Å²) >= 11 is 0. The maximum absolute atomic E-state index is 11.2. The van der Waals surface area contributed by atoms with Gasteiger partial charge in [-0.2, -0.15) is 4.98 Å². The standard InChI is InChI=1S/C12H22N4O3S/c1-10-13-12(14-19-10)9-15(2)11-4-5-16(8-11)6-7-20(3,17)18/h11H,4-9H2,1-3H3/t11-/m1/s1. The molecule has 0 N–H and O–H groups in total. The molecule has 114 valence electrons. The highest BCUT2D eigenvalue weighted by molar-refractivity contribution is 7.90. The molecule has 1 aliphatic rings. The Labute approximate surface area is 119 Å². The molecule has 0 aliphatic carbocycles. The van der Waals surface area contributed by atoms with E-state index in [1.54, 1.807) is 6.92 Å². The molecule has 1 aromatic heterocycles. The Hall–Kier alpha value is -0.990. The third-order valence-electron chi connectivity index (χ3n) is 3.61. The largest absolute Gasteiger partial charge is 0.340 e. The van der Waals surface area contributed by atoms with Gasteiger partial charge in [0.05, 0.1) is 12.3 Å². The van der Waals surface area contributed by atoms with Gasteiger partial charge in [0.25, 0.3) is 0 Å². The fraction of sp³-hybridized carbons (Fsp3) is 0.833. The lowest BCUT2D eigenvalue weighted by Gasteiger charge is -2.23. The van der Waals surface area contributed by atoms with Crippen molar-refractivity contribution in [3.63, 3.8) is 0 Å². The number of sulfone groups is 1. The van der Waals surface area contributed by atoms with Crippen LogP contribution in [0.15, 0.2) is 4.52 Å². The summed E-state index contributed by atoms with van der Waals surface area (Å²) in [6, 6.07) is 0.411. The van der Waals surface area contributed by atoms with Crippen LogP contribution in [0.1, 0.15) is 18.1 Å². The van der Waals surface area contributed by atoms with Crippen molar-refractivity contribution in [3.8, 4) is 0 Å². The number of rotatable bonds is 6. The number of aryl methyl sites for hydroxylation is 1. The maximum Gasteiger partial charge on any atom is 0.223 e. The van der Waals surface area contributed by atoms with Gasteiger partial charge >= 0.3 is 0 Å². The van der Waals surface area contributed by atoms with Gasteiger partial charge in [0.15, 0.2) is 5.82 Å². The van der Waals surface area contributed by atoms with Gasteiger partial charge in [-0.15, -0.1) is 0 Å². The molecule has 2 heterocycles. The lowest BCUT2D eigenvalue weighted by atomic mass is 10.2. The van der Waals surface area contributed by atoms with Crippen LogP contribution in [-0.4, -0.2) is 73.1 Å². The summed E-state index contributed by atoms with van der Waals surface area (Å²) < 4.78 is 27.3. The highest BCUT2D eigenvalue weighted by atomic mass is 32.2. The normalized spacial score (nSPS) is 20.9. The second-order valence-corrected chi connectivity index (χ2v) is 7.78. The average Bonchev–Trinajstić information content (AvgIpc) is 2.95. The van der Waals surface area contributed by atoms with E-state index >= 15 is 0 Å². The first-order chi connectivity index (χ1) is 9.33. The molecule has 0 unspecified atom stereocenters. The quantitative estimate of drug-likeness (QED) is 0.727. The number of likely N-dealkylation sites (tertiary alicyclic amines) is 1. The summed E-state index contributed by atoms with van der Waals surface area (Å²) in [5.74, 6) is 1.50. The molecule has 1 fully saturated rings. The van der Waals surface area contributed by atoms with Gasteiger partial charge in [-0.3, -0.25) is 4.90 Å². The van der Waals surface area contributed by atoms with Crippen molar-refractivity contribution in [2.24, 2.45) is 0 Å².